The lowest BCUT2D eigenvalue weighted by atomic mass is 10.1. The van der Waals surface area contributed by atoms with Gasteiger partial charge in [0.25, 0.3) is 5.56 Å². The number of hydrogen-bond donors (Lipinski definition) is 2. The second kappa shape index (κ2) is 3.29. The first kappa shape index (κ1) is 8.99. The van der Waals surface area contributed by atoms with E-state index in [0.717, 1.165) is 12.2 Å². The minimum absolute atomic E-state index is 0.0634. The Bertz CT molecular complexity index is 497. The van der Waals surface area contributed by atoms with E-state index < -0.39 is 0 Å². The van der Waals surface area contributed by atoms with E-state index in [1.165, 1.54) is 0 Å². The number of nitrogens with zero attached hydrogens (tertiary/aromatic N) is 1. The summed E-state index contributed by atoms with van der Waals surface area (Å²) in [5, 5.41) is 0.622. The monoisotopic (exact) mass is 191 g/mol. The molecule has 0 bridgehead atoms. The Kier molecular flexibility index (Phi) is 2.11. The molecule has 0 spiro atoms. The van der Waals surface area contributed by atoms with Gasteiger partial charge in [0.05, 0.1) is 5.39 Å². The van der Waals surface area contributed by atoms with Gasteiger partial charge in [-0.05, 0) is 12.5 Å². The molecule has 0 aliphatic carbocycles. The van der Waals surface area contributed by atoms with Gasteiger partial charge in [-0.3, -0.25) is 4.79 Å². The van der Waals surface area contributed by atoms with Crippen molar-refractivity contribution in [3.05, 3.63) is 28.4 Å². The summed E-state index contributed by atoms with van der Waals surface area (Å²) < 4.78 is 0. The minimum Gasteiger partial charge on any atom is -0.346 e. The van der Waals surface area contributed by atoms with Crippen molar-refractivity contribution in [1.29, 1.82) is 0 Å². The average Bonchev–Trinajstić information content (AvgIpc) is 2.64. The van der Waals surface area contributed by atoms with E-state index in [1.807, 2.05) is 6.92 Å². The molecule has 2 aromatic heterocycles. The summed E-state index contributed by atoms with van der Waals surface area (Å²) in [5.74, 6) is 1.04. The van der Waals surface area contributed by atoms with Gasteiger partial charge in [-0.25, -0.2) is 4.98 Å². The zero-order chi connectivity index (χ0) is 10.1. The van der Waals surface area contributed by atoms with Crippen LogP contribution in [0.25, 0.3) is 11.0 Å². The lowest BCUT2D eigenvalue weighted by Crippen LogP contribution is -2.12. The van der Waals surface area contributed by atoms with Gasteiger partial charge in [0.15, 0.2) is 0 Å². The van der Waals surface area contributed by atoms with Crippen molar-refractivity contribution >= 4 is 11.0 Å². The molecule has 2 heterocycles. The van der Waals surface area contributed by atoms with Crippen LogP contribution in [0.4, 0.5) is 0 Å². The molecule has 0 saturated carbocycles. The summed E-state index contributed by atoms with van der Waals surface area (Å²) in [6.45, 7) is 4.12. The van der Waals surface area contributed by atoms with Crippen LogP contribution in [-0.4, -0.2) is 15.0 Å². The molecule has 0 amide bonds. The van der Waals surface area contributed by atoms with Gasteiger partial charge < -0.3 is 9.97 Å². The molecule has 2 rings (SSSR count). The summed E-state index contributed by atoms with van der Waals surface area (Å²) in [5.41, 5.74) is 0.607. The molecule has 0 fully saturated rings. The lowest BCUT2D eigenvalue weighted by molar-refractivity contribution is 0.679. The van der Waals surface area contributed by atoms with E-state index in [1.54, 1.807) is 12.3 Å². The maximum absolute atomic E-state index is 11.6. The molecule has 1 atom stereocenters. The van der Waals surface area contributed by atoms with E-state index in [9.17, 15) is 4.79 Å². The van der Waals surface area contributed by atoms with Crippen molar-refractivity contribution in [2.45, 2.75) is 26.2 Å². The first-order valence-corrected chi connectivity index (χ1v) is 4.79. The van der Waals surface area contributed by atoms with Crippen LogP contribution in [0.2, 0.25) is 0 Å². The first-order valence-electron chi connectivity index (χ1n) is 4.79. The molecule has 0 aliphatic heterocycles. The quantitative estimate of drug-likeness (QED) is 0.759. The smallest absolute Gasteiger partial charge is 0.260 e. The molecule has 0 radical (unpaired) electrons. The van der Waals surface area contributed by atoms with Crippen LogP contribution < -0.4 is 5.56 Å². The standard InChI is InChI=1S/C10H13N3O/c1-3-6(2)8-12-9-7(4-5-11-9)10(14)13-8/h4-6H,3H2,1-2H3,(H2,11,12,13,14)/t6-/m1/s1. The molecule has 0 unspecified atom stereocenters. The van der Waals surface area contributed by atoms with Crippen LogP contribution in [0.3, 0.4) is 0 Å². The zero-order valence-corrected chi connectivity index (χ0v) is 8.29. The number of H-pyrrole nitrogens is 2. The number of aromatic nitrogens is 3. The molecule has 74 valence electrons. The van der Waals surface area contributed by atoms with Gasteiger partial charge in [-0.1, -0.05) is 13.8 Å². The van der Waals surface area contributed by atoms with Crippen molar-refractivity contribution in [3.8, 4) is 0 Å². The van der Waals surface area contributed by atoms with Crippen molar-refractivity contribution < 1.29 is 0 Å². The van der Waals surface area contributed by atoms with Crippen LogP contribution >= 0.6 is 0 Å². The van der Waals surface area contributed by atoms with E-state index in [0.29, 0.717) is 11.0 Å². The average molecular weight is 191 g/mol. The second-order valence-electron chi connectivity index (χ2n) is 3.50. The fourth-order valence-electron chi connectivity index (χ4n) is 1.40. The summed E-state index contributed by atoms with van der Waals surface area (Å²) in [6.07, 6.45) is 2.70. The van der Waals surface area contributed by atoms with Crippen molar-refractivity contribution in [1.82, 2.24) is 15.0 Å². The third kappa shape index (κ3) is 1.32. The Morgan fingerprint density at radius 1 is 1.57 bits per heavy atom. The van der Waals surface area contributed by atoms with E-state index in [4.69, 9.17) is 0 Å². The van der Waals surface area contributed by atoms with Gasteiger partial charge in [-0.15, -0.1) is 0 Å². The third-order valence-electron chi connectivity index (χ3n) is 2.52. The van der Waals surface area contributed by atoms with Crippen LogP contribution in [0.5, 0.6) is 0 Å². The van der Waals surface area contributed by atoms with Crippen LogP contribution in [0.1, 0.15) is 32.0 Å². The fraction of sp³-hybridized carbons (Fsp3) is 0.400. The molecule has 0 aromatic carbocycles. The van der Waals surface area contributed by atoms with Gasteiger partial charge in [0.1, 0.15) is 11.5 Å². The highest BCUT2D eigenvalue weighted by Gasteiger charge is 2.08. The molecule has 14 heavy (non-hydrogen) atoms. The van der Waals surface area contributed by atoms with Crippen LogP contribution in [0, 0.1) is 0 Å². The zero-order valence-electron chi connectivity index (χ0n) is 8.29. The fourth-order valence-corrected chi connectivity index (χ4v) is 1.40. The van der Waals surface area contributed by atoms with E-state index in [2.05, 4.69) is 21.9 Å². The summed E-state index contributed by atoms with van der Waals surface area (Å²) in [4.78, 5) is 21.7. The van der Waals surface area contributed by atoms with Crippen molar-refractivity contribution in [2.24, 2.45) is 0 Å². The largest absolute Gasteiger partial charge is 0.346 e. The highest BCUT2D eigenvalue weighted by Crippen LogP contribution is 2.14. The van der Waals surface area contributed by atoms with Gasteiger partial charge in [0, 0.05) is 12.1 Å². The number of aromatic amines is 2. The Balaban J connectivity index is 2.64. The molecule has 4 nitrogen and oxygen atoms in total. The normalized spacial score (nSPS) is 13.3. The Labute approximate surface area is 81.4 Å². The van der Waals surface area contributed by atoms with Crippen LogP contribution in [-0.2, 0) is 0 Å². The summed E-state index contributed by atoms with van der Waals surface area (Å²) in [6, 6.07) is 1.74. The maximum atomic E-state index is 11.6. The highest BCUT2D eigenvalue weighted by molar-refractivity contribution is 5.73. The Morgan fingerprint density at radius 3 is 3.07 bits per heavy atom. The molecular weight excluding hydrogens is 178 g/mol. The van der Waals surface area contributed by atoms with Crippen molar-refractivity contribution in [2.75, 3.05) is 0 Å². The molecule has 2 aromatic rings. The molecule has 0 aliphatic rings. The van der Waals surface area contributed by atoms with Gasteiger partial charge in [0.2, 0.25) is 0 Å². The second-order valence-corrected chi connectivity index (χ2v) is 3.50. The highest BCUT2D eigenvalue weighted by atomic mass is 16.1. The van der Waals surface area contributed by atoms with Crippen molar-refractivity contribution in [3.63, 3.8) is 0 Å². The topological polar surface area (TPSA) is 61.5 Å². The number of rotatable bonds is 2. The molecule has 2 N–H and O–H groups in total. The van der Waals surface area contributed by atoms with Gasteiger partial charge in [-0.2, -0.15) is 0 Å². The SMILES string of the molecule is CC[C@@H](C)c1nc2[nH]ccc2c(=O)[nH]1. The molecule has 4 heteroatoms. The lowest BCUT2D eigenvalue weighted by Gasteiger charge is -2.06. The number of nitrogens with one attached hydrogen (secondary N) is 2. The minimum atomic E-state index is -0.0634. The van der Waals surface area contributed by atoms with E-state index >= 15 is 0 Å². The number of hydrogen-bond acceptors (Lipinski definition) is 2. The number of fused-ring (bicyclic) bond motifs is 1. The third-order valence-corrected chi connectivity index (χ3v) is 2.52. The molecule has 0 saturated heterocycles. The summed E-state index contributed by atoms with van der Waals surface area (Å²) >= 11 is 0. The van der Waals surface area contributed by atoms with E-state index in [-0.39, 0.29) is 11.5 Å². The maximum Gasteiger partial charge on any atom is 0.260 e. The first-order chi connectivity index (χ1) is 6.72. The van der Waals surface area contributed by atoms with Gasteiger partial charge >= 0.3 is 0 Å². The Morgan fingerprint density at radius 2 is 2.36 bits per heavy atom. The predicted octanol–water partition coefficient (Wildman–Crippen LogP) is 1.76. The van der Waals surface area contributed by atoms with Crippen LogP contribution in [0.15, 0.2) is 17.1 Å². The molecular formula is C10H13N3O. The Hall–Kier alpha value is -1.58. The summed E-state index contributed by atoms with van der Waals surface area (Å²) in [7, 11) is 0. The predicted molar refractivity (Wildman–Crippen MR) is 55.4 cm³/mol.